The molecule has 7 aromatic rings. The first-order valence-electron chi connectivity index (χ1n) is 16.1. The predicted octanol–water partition coefficient (Wildman–Crippen LogP) is 9.34. The van der Waals surface area contributed by atoms with Crippen LogP contribution in [0.3, 0.4) is 0 Å². The molecule has 226 valence electrons. The molecule has 2 aromatic heterocycles. The monoisotopic (exact) mass is 622 g/mol. The smallest absolute Gasteiger partial charge is 0.164 e. The average molecular weight is 623 g/mol. The average Bonchev–Trinajstić information content (AvgIpc) is 3.46. The lowest BCUT2D eigenvalue weighted by molar-refractivity contribution is 0.740. The molecule has 0 aliphatic carbocycles. The van der Waals surface area contributed by atoms with E-state index in [-0.39, 0.29) is 5.04 Å². The number of allylic oxidation sites excluding steroid dienone is 2. The maximum absolute atomic E-state index is 5.37. The van der Waals surface area contributed by atoms with Crippen LogP contribution in [0.1, 0.15) is 43.5 Å². The van der Waals surface area contributed by atoms with E-state index >= 15 is 0 Å². The zero-order chi connectivity index (χ0) is 32.0. The Kier molecular flexibility index (Phi) is 7.00. The van der Waals surface area contributed by atoms with Crippen LogP contribution in [-0.2, 0) is 0 Å². The van der Waals surface area contributed by atoms with Crippen molar-refractivity contribution in [2.24, 2.45) is 0 Å². The third kappa shape index (κ3) is 4.65. The summed E-state index contributed by atoms with van der Waals surface area (Å²) < 4.78 is 0. The van der Waals surface area contributed by atoms with Gasteiger partial charge in [0.15, 0.2) is 19.7 Å². The van der Waals surface area contributed by atoms with Crippen LogP contribution >= 0.6 is 0 Å². The number of benzene rings is 5. The SMILES string of the molecule is CC(C)(C)[Si]1(c2ccccc2)C(c2ncc3ccccc3n2)=C(c2ccccc2)C(c2ccccc2)=C1c1ncc2ccccc2n1. The van der Waals surface area contributed by atoms with E-state index in [0.717, 1.165) is 55.7 Å². The van der Waals surface area contributed by atoms with Gasteiger partial charge in [0.25, 0.3) is 0 Å². The number of rotatable bonds is 5. The van der Waals surface area contributed by atoms with Gasteiger partial charge in [0.05, 0.1) is 11.0 Å². The summed E-state index contributed by atoms with van der Waals surface area (Å²) in [5.74, 6) is 1.52. The second-order valence-electron chi connectivity index (χ2n) is 13.1. The van der Waals surface area contributed by atoms with Crippen molar-refractivity contribution in [1.82, 2.24) is 19.9 Å². The largest absolute Gasteiger partial charge is 0.237 e. The minimum absolute atomic E-state index is 0.250. The van der Waals surface area contributed by atoms with Crippen molar-refractivity contribution in [1.29, 1.82) is 0 Å². The van der Waals surface area contributed by atoms with Crippen LogP contribution in [0.2, 0.25) is 5.04 Å². The summed E-state index contributed by atoms with van der Waals surface area (Å²) in [5, 5.41) is 5.46. The number of nitrogens with zero attached hydrogens (tertiary/aromatic N) is 4. The fourth-order valence-electron chi connectivity index (χ4n) is 7.44. The Bertz CT molecular complexity index is 2180. The van der Waals surface area contributed by atoms with Crippen LogP contribution in [0.15, 0.2) is 152 Å². The fourth-order valence-corrected chi connectivity index (χ4v) is 13.5. The van der Waals surface area contributed by atoms with Crippen molar-refractivity contribution in [3.63, 3.8) is 0 Å². The van der Waals surface area contributed by atoms with Crippen LogP contribution in [0, 0.1) is 0 Å². The van der Waals surface area contributed by atoms with Gasteiger partial charge in [0.2, 0.25) is 0 Å². The molecule has 1 aliphatic rings. The Hall–Kier alpha value is -5.52. The number of hydrogen-bond acceptors (Lipinski definition) is 4. The summed E-state index contributed by atoms with van der Waals surface area (Å²) in [6.45, 7) is 7.14. The van der Waals surface area contributed by atoms with E-state index in [1.54, 1.807) is 0 Å². The summed E-state index contributed by atoms with van der Waals surface area (Å²) in [7, 11) is -3.11. The Labute approximate surface area is 276 Å². The highest BCUT2D eigenvalue weighted by Gasteiger charge is 2.60. The van der Waals surface area contributed by atoms with E-state index in [1.807, 2.05) is 36.7 Å². The molecule has 0 fully saturated rings. The van der Waals surface area contributed by atoms with Crippen molar-refractivity contribution in [2.75, 3.05) is 0 Å². The molecule has 0 bridgehead atoms. The normalized spacial score (nSPS) is 14.7. The summed E-state index contributed by atoms with van der Waals surface area (Å²) in [6, 6.07) is 49.1. The summed E-state index contributed by atoms with van der Waals surface area (Å²) in [4.78, 5) is 21.2. The molecule has 5 aromatic carbocycles. The van der Waals surface area contributed by atoms with Gasteiger partial charge in [-0.15, -0.1) is 0 Å². The maximum Gasteiger partial charge on any atom is 0.164 e. The van der Waals surface area contributed by atoms with E-state index in [4.69, 9.17) is 19.9 Å². The molecule has 4 nitrogen and oxygen atoms in total. The Morgan fingerprint density at radius 2 is 0.830 bits per heavy atom. The molecule has 0 amide bonds. The highest BCUT2D eigenvalue weighted by Crippen LogP contribution is 2.61. The summed E-state index contributed by atoms with van der Waals surface area (Å²) in [6.07, 6.45) is 3.96. The number of aromatic nitrogens is 4. The molecule has 0 radical (unpaired) electrons. The van der Waals surface area contributed by atoms with Crippen molar-refractivity contribution in [2.45, 2.75) is 25.8 Å². The number of hydrogen-bond donors (Lipinski definition) is 0. The van der Waals surface area contributed by atoms with Crippen LogP contribution in [-0.4, -0.2) is 28.0 Å². The number of fused-ring (bicyclic) bond motifs is 2. The van der Waals surface area contributed by atoms with Gasteiger partial charge in [-0.3, -0.25) is 0 Å². The van der Waals surface area contributed by atoms with E-state index in [1.165, 1.54) is 15.6 Å². The molecule has 5 heteroatoms. The van der Waals surface area contributed by atoms with E-state index in [0.29, 0.717) is 0 Å². The van der Waals surface area contributed by atoms with Crippen LogP contribution in [0.4, 0.5) is 0 Å². The molecule has 0 atom stereocenters. The first kappa shape index (κ1) is 28.9. The summed E-state index contributed by atoms with van der Waals surface area (Å²) in [5.41, 5.74) is 6.43. The lowest BCUT2D eigenvalue weighted by Crippen LogP contribution is -2.57. The maximum atomic E-state index is 5.37. The molecule has 0 saturated heterocycles. The first-order valence-corrected chi connectivity index (χ1v) is 18.1. The van der Waals surface area contributed by atoms with Crippen molar-refractivity contribution in [3.05, 3.63) is 175 Å². The van der Waals surface area contributed by atoms with Crippen molar-refractivity contribution >= 4 is 56.6 Å². The fraction of sp³-hybridized carbons (Fsp3) is 0.0952. The highest BCUT2D eigenvalue weighted by molar-refractivity contribution is 7.23. The Morgan fingerprint density at radius 3 is 1.26 bits per heavy atom. The third-order valence-electron chi connectivity index (χ3n) is 9.38. The van der Waals surface area contributed by atoms with E-state index < -0.39 is 8.07 Å². The van der Waals surface area contributed by atoms with Crippen molar-refractivity contribution < 1.29 is 0 Å². The molecular weight excluding hydrogens is 589 g/mol. The molecule has 0 spiro atoms. The molecule has 3 heterocycles. The molecule has 0 N–H and O–H groups in total. The van der Waals surface area contributed by atoms with Gasteiger partial charge in [0, 0.05) is 33.6 Å². The minimum atomic E-state index is -3.11. The minimum Gasteiger partial charge on any atom is -0.237 e. The predicted molar refractivity (Wildman–Crippen MR) is 197 cm³/mol. The lowest BCUT2D eigenvalue weighted by atomic mass is 9.91. The molecule has 8 rings (SSSR count). The van der Waals surface area contributed by atoms with Gasteiger partial charge in [0.1, 0.15) is 0 Å². The van der Waals surface area contributed by atoms with Crippen LogP contribution in [0.5, 0.6) is 0 Å². The lowest BCUT2D eigenvalue weighted by Gasteiger charge is -2.44. The van der Waals surface area contributed by atoms with Gasteiger partial charge < -0.3 is 0 Å². The third-order valence-corrected chi connectivity index (χ3v) is 15.3. The van der Waals surface area contributed by atoms with Crippen molar-refractivity contribution in [3.8, 4) is 0 Å². The second-order valence-corrected chi connectivity index (χ2v) is 17.7. The number of para-hydroxylation sites is 2. The van der Waals surface area contributed by atoms with Crippen LogP contribution in [0.25, 0.3) is 43.3 Å². The molecule has 47 heavy (non-hydrogen) atoms. The molecule has 0 unspecified atom stereocenters. The zero-order valence-corrected chi connectivity index (χ0v) is 27.7. The quantitative estimate of drug-likeness (QED) is 0.180. The molecule has 0 saturated carbocycles. The van der Waals surface area contributed by atoms with Gasteiger partial charge in [-0.2, -0.15) is 0 Å². The topological polar surface area (TPSA) is 51.6 Å². The first-order chi connectivity index (χ1) is 23.0. The second kappa shape index (κ2) is 11.4. The van der Waals surface area contributed by atoms with E-state index in [9.17, 15) is 0 Å². The highest BCUT2D eigenvalue weighted by atomic mass is 28.3. The van der Waals surface area contributed by atoms with Gasteiger partial charge in [-0.1, -0.05) is 148 Å². The van der Waals surface area contributed by atoms with E-state index in [2.05, 4.69) is 136 Å². The zero-order valence-electron chi connectivity index (χ0n) is 26.7. The standard InChI is InChI=1S/C42H34N4Si/c1-42(2,3)47(33-23-11-6-12-24-33)38(40-43-27-31-21-13-15-25-34(31)45-40)36(29-17-7-4-8-18-29)37(30-19-9-5-10-20-30)39(47)41-44-28-32-22-14-16-26-35(32)46-41/h4-28H,1-3H3. The van der Waals surface area contributed by atoms with Gasteiger partial charge >= 0.3 is 0 Å². The molecular formula is C42H34N4Si. The molecule has 1 aliphatic heterocycles. The Morgan fingerprint density at radius 1 is 0.447 bits per heavy atom. The van der Waals surface area contributed by atoms with Gasteiger partial charge in [-0.25, -0.2) is 19.9 Å². The summed E-state index contributed by atoms with van der Waals surface area (Å²) >= 11 is 0. The van der Waals surface area contributed by atoms with Crippen LogP contribution < -0.4 is 5.19 Å². The van der Waals surface area contributed by atoms with Gasteiger partial charge in [-0.05, 0) is 44.6 Å². The Balaban J connectivity index is 1.62.